The molecule has 0 unspecified atom stereocenters. The van der Waals surface area contributed by atoms with Crippen LogP contribution in [0.2, 0.25) is 0 Å². The first-order valence-electron chi connectivity index (χ1n) is 5.36. The Balaban J connectivity index is 2.01. The van der Waals surface area contributed by atoms with Crippen LogP contribution in [-0.4, -0.2) is 43.2 Å². The van der Waals surface area contributed by atoms with Crippen LogP contribution in [0, 0.1) is 0 Å². The van der Waals surface area contributed by atoms with Gasteiger partial charge in [-0.15, -0.1) is 0 Å². The summed E-state index contributed by atoms with van der Waals surface area (Å²) in [6, 6.07) is 0.331. The first-order valence-corrected chi connectivity index (χ1v) is 5.36. The molecule has 1 heterocycles. The zero-order chi connectivity index (χ0) is 10.4. The first kappa shape index (κ1) is 11.5. The van der Waals surface area contributed by atoms with Crippen LogP contribution in [0.4, 0.5) is 0 Å². The smallest absolute Gasteiger partial charge is 0.305 e. The lowest BCUT2D eigenvalue weighted by Crippen LogP contribution is -2.27. The van der Waals surface area contributed by atoms with E-state index in [2.05, 4.69) is 4.90 Å². The Kier molecular flexibility index (Phi) is 4.90. The van der Waals surface area contributed by atoms with Crippen molar-refractivity contribution < 1.29 is 9.53 Å². The van der Waals surface area contributed by atoms with Gasteiger partial charge in [0.05, 0.1) is 6.61 Å². The summed E-state index contributed by atoms with van der Waals surface area (Å²) in [6.45, 7) is 5.32. The lowest BCUT2D eigenvalue weighted by atomic mass is 10.3. The Morgan fingerprint density at radius 1 is 1.64 bits per heavy atom. The van der Waals surface area contributed by atoms with Gasteiger partial charge in [0.2, 0.25) is 0 Å². The van der Waals surface area contributed by atoms with Gasteiger partial charge >= 0.3 is 5.97 Å². The molecule has 14 heavy (non-hydrogen) atoms. The Hall–Kier alpha value is -0.610. The Bertz CT molecular complexity index is 185. The Morgan fingerprint density at radius 2 is 2.43 bits per heavy atom. The van der Waals surface area contributed by atoms with E-state index in [-0.39, 0.29) is 5.97 Å². The summed E-state index contributed by atoms with van der Waals surface area (Å²) in [4.78, 5) is 13.3. The van der Waals surface area contributed by atoms with Crippen LogP contribution in [0.5, 0.6) is 0 Å². The fraction of sp³-hybridized carbons (Fsp3) is 0.900. The minimum Gasteiger partial charge on any atom is -0.466 e. The molecule has 1 atom stereocenters. The van der Waals surface area contributed by atoms with Gasteiger partial charge in [-0.05, 0) is 32.9 Å². The summed E-state index contributed by atoms with van der Waals surface area (Å²) in [6.07, 6.45) is 2.49. The number of nitrogens with zero attached hydrogens (tertiary/aromatic N) is 1. The van der Waals surface area contributed by atoms with Crippen molar-refractivity contribution in [1.29, 1.82) is 0 Å². The number of rotatable bonds is 5. The third-order valence-electron chi connectivity index (χ3n) is 2.47. The molecule has 0 aromatic carbocycles. The van der Waals surface area contributed by atoms with Gasteiger partial charge in [0.25, 0.3) is 0 Å². The number of likely N-dealkylation sites (tertiary alicyclic amines) is 1. The number of ether oxygens (including phenoxy) is 1. The molecule has 0 spiro atoms. The van der Waals surface area contributed by atoms with E-state index >= 15 is 0 Å². The maximum atomic E-state index is 11.0. The van der Waals surface area contributed by atoms with E-state index in [0.717, 1.165) is 32.5 Å². The maximum Gasteiger partial charge on any atom is 0.305 e. The van der Waals surface area contributed by atoms with Gasteiger partial charge in [0.1, 0.15) is 0 Å². The summed E-state index contributed by atoms with van der Waals surface area (Å²) in [7, 11) is 0. The molecule has 1 saturated heterocycles. The van der Waals surface area contributed by atoms with Crippen molar-refractivity contribution in [3.8, 4) is 0 Å². The molecule has 0 aliphatic carbocycles. The Labute approximate surface area is 85.4 Å². The third-order valence-corrected chi connectivity index (χ3v) is 2.47. The summed E-state index contributed by atoms with van der Waals surface area (Å²) in [5.74, 6) is -0.0870. The van der Waals surface area contributed by atoms with Gasteiger partial charge in [-0.2, -0.15) is 0 Å². The van der Waals surface area contributed by atoms with Crippen molar-refractivity contribution in [3.05, 3.63) is 0 Å². The molecule has 4 nitrogen and oxygen atoms in total. The molecule has 0 aromatic rings. The van der Waals surface area contributed by atoms with Gasteiger partial charge in [-0.3, -0.25) is 4.79 Å². The van der Waals surface area contributed by atoms with Crippen LogP contribution in [0.15, 0.2) is 0 Å². The summed E-state index contributed by atoms with van der Waals surface area (Å²) in [5, 5.41) is 0. The molecule has 1 aliphatic rings. The van der Waals surface area contributed by atoms with E-state index in [1.54, 1.807) is 0 Å². The highest BCUT2D eigenvalue weighted by Crippen LogP contribution is 2.07. The van der Waals surface area contributed by atoms with Crippen LogP contribution in [0.1, 0.15) is 26.2 Å². The van der Waals surface area contributed by atoms with Crippen molar-refractivity contribution in [2.45, 2.75) is 32.2 Å². The van der Waals surface area contributed by atoms with Crippen LogP contribution in [0.25, 0.3) is 0 Å². The van der Waals surface area contributed by atoms with E-state index in [9.17, 15) is 4.79 Å². The molecule has 2 N–H and O–H groups in total. The van der Waals surface area contributed by atoms with Crippen molar-refractivity contribution in [3.63, 3.8) is 0 Å². The second kappa shape index (κ2) is 5.98. The van der Waals surface area contributed by atoms with E-state index < -0.39 is 0 Å². The van der Waals surface area contributed by atoms with E-state index in [1.807, 2.05) is 6.92 Å². The van der Waals surface area contributed by atoms with Crippen molar-refractivity contribution in [1.82, 2.24) is 4.90 Å². The molecule has 1 rings (SSSR count). The average molecular weight is 200 g/mol. The third kappa shape index (κ3) is 4.07. The molecular formula is C10H20N2O2. The van der Waals surface area contributed by atoms with Crippen molar-refractivity contribution in [2.75, 3.05) is 26.2 Å². The van der Waals surface area contributed by atoms with Gasteiger partial charge in [0.15, 0.2) is 0 Å². The minimum atomic E-state index is -0.0870. The number of carbonyl (C=O) groups excluding carboxylic acids is 1. The fourth-order valence-electron chi connectivity index (χ4n) is 1.75. The topological polar surface area (TPSA) is 55.6 Å². The highest BCUT2D eigenvalue weighted by Gasteiger charge is 2.18. The minimum absolute atomic E-state index is 0.0870. The fourth-order valence-corrected chi connectivity index (χ4v) is 1.75. The molecule has 82 valence electrons. The summed E-state index contributed by atoms with van der Waals surface area (Å²) >= 11 is 0. The monoisotopic (exact) mass is 200 g/mol. The molecular weight excluding hydrogens is 180 g/mol. The van der Waals surface area contributed by atoms with Crippen LogP contribution in [0.3, 0.4) is 0 Å². The SMILES string of the molecule is CCOC(=O)CCCN1CC[C@@H](N)C1. The van der Waals surface area contributed by atoms with Crippen LogP contribution < -0.4 is 5.73 Å². The second-order valence-corrected chi connectivity index (χ2v) is 3.76. The highest BCUT2D eigenvalue weighted by molar-refractivity contribution is 5.69. The van der Waals surface area contributed by atoms with Crippen LogP contribution >= 0.6 is 0 Å². The first-order chi connectivity index (χ1) is 6.72. The zero-order valence-corrected chi connectivity index (χ0v) is 8.87. The zero-order valence-electron chi connectivity index (χ0n) is 8.87. The van der Waals surface area contributed by atoms with Gasteiger partial charge < -0.3 is 15.4 Å². The molecule has 0 saturated carbocycles. The molecule has 0 radical (unpaired) electrons. The van der Waals surface area contributed by atoms with E-state index in [1.165, 1.54) is 0 Å². The van der Waals surface area contributed by atoms with Gasteiger partial charge in [-0.25, -0.2) is 0 Å². The maximum absolute atomic E-state index is 11.0. The quantitative estimate of drug-likeness (QED) is 0.651. The predicted molar refractivity (Wildman–Crippen MR) is 54.9 cm³/mol. The average Bonchev–Trinajstić information content (AvgIpc) is 2.52. The van der Waals surface area contributed by atoms with Gasteiger partial charge in [-0.1, -0.05) is 0 Å². The summed E-state index contributed by atoms with van der Waals surface area (Å²) in [5.41, 5.74) is 5.77. The molecule has 0 aromatic heterocycles. The number of esters is 1. The lowest BCUT2D eigenvalue weighted by Gasteiger charge is -2.14. The number of carbonyl (C=O) groups is 1. The number of hydrogen-bond acceptors (Lipinski definition) is 4. The number of hydrogen-bond donors (Lipinski definition) is 1. The number of nitrogens with two attached hydrogens (primary N) is 1. The predicted octanol–water partition coefficient (Wildman–Crippen LogP) is 0.363. The molecule has 1 aliphatic heterocycles. The molecule has 0 bridgehead atoms. The van der Waals surface area contributed by atoms with E-state index in [0.29, 0.717) is 19.1 Å². The molecule has 0 amide bonds. The van der Waals surface area contributed by atoms with Crippen molar-refractivity contribution in [2.24, 2.45) is 5.73 Å². The lowest BCUT2D eigenvalue weighted by molar-refractivity contribution is -0.143. The highest BCUT2D eigenvalue weighted by atomic mass is 16.5. The second-order valence-electron chi connectivity index (χ2n) is 3.76. The summed E-state index contributed by atoms with van der Waals surface area (Å²) < 4.78 is 4.85. The largest absolute Gasteiger partial charge is 0.466 e. The van der Waals surface area contributed by atoms with Crippen molar-refractivity contribution >= 4 is 5.97 Å². The molecule has 1 fully saturated rings. The Morgan fingerprint density at radius 3 is 3.00 bits per heavy atom. The molecule has 4 heteroatoms. The normalized spacial score (nSPS) is 22.6. The van der Waals surface area contributed by atoms with Gasteiger partial charge in [0, 0.05) is 19.0 Å². The van der Waals surface area contributed by atoms with Crippen LogP contribution in [-0.2, 0) is 9.53 Å². The standard InChI is InChI=1S/C10H20N2O2/c1-2-14-10(13)4-3-6-12-7-5-9(11)8-12/h9H,2-8,11H2,1H3/t9-/m1/s1. The van der Waals surface area contributed by atoms with E-state index in [4.69, 9.17) is 10.5 Å².